The second-order valence-corrected chi connectivity index (χ2v) is 6.73. The van der Waals surface area contributed by atoms with E-state index in [0.717, 1.165) is 11.1 Å². The number of amides is 1. The zero-order valence-electron chi connectivity index (χ0n) is 17.2. The zero-order chi connectivity index (χ0) is 21.7. The maximum atomic E-state index is 13.2. The number of carbonyl (C=O) groups excluding carboxylic acids is 1. The average Bonchev–Trinajstić information content (AvgIpc) is 2.77. The van der Waals surface area contributed by atoms with Crippen molar-refractivity contribution in [2.45, 2.75) is 13.0 Å². The van der Waals surface area contributed by atoms with Crippen LogP contribution in [-0.2, 0) is 17.7 Å². The van der Waals surface area contributed by atoms with Gasteiger partial charge in [-0.3, -0.25) is 14.9 Å². The molecule has 0 N–H and O–H groups in total. The summed E-state index contributed by atoms with van der Waals surface area (Å²) < 4.78 is 21.0. The minimum Gasteiger partial charge on any atom is -0.497 e. The summed E-state index contributed by atoms with van der Waals surface area (Å²) in [4.78, 5) is 25.9. The number of nitro groups is 1. The minimum atomic E-state index is -0.587. The smallest absolute Gasteiger partial charge is 0.286 e. The van der Waals surface area contributed by atoms with Crippen LogP contribution in [0.3, 0.4) is 0 Å². The van der Waals surface area contributed by atoms with Gasteiger partial charge >= 0.3 is 0 Å². The molecule has 0 saturated heterocycles. The van der Waals surface area contributed by atoms with Crippen molar-refractivity contribution in [1.82, 2.24) is 4.90 Å². The van der Waals surface area contributed by atoms with Crippen LogP contribution in [0.5, 0.6) is 17.2 Å². The Labute approximate surface area is 174 Å². The molecule has 0 bridgehead atoms. The Morgan fingerprint density at radius 3 is 2.53 bits per heavy atom. The standard InChI is InChI=1S/C21H24N2O7/c1-27-8-9-30-20-12-18(23(25)26)17(11-19(20)29-3)21(24)22-7-6-14-4-5-16(28-2)10-15(14)13-22/h4-5,10-12H,6-9,13H2,1-3H3. The topological polar surface area (TPSA) is 100 Å². The summed E-state index contributed by atoms with van der Waals surface area (Å²) in [6.07, 6.45) is 0.661. The Hall–Kier alpha value is -3.33. The number of hydrogen-bond acceptors (Lipinski definition) is 7. The number of nitrogens with zero attached hydrogens (tertiary/aromatic N) is 2. The third-order valence-corrected chi connectivity index (χ3v) is 4.97. The van der Waals surface area contributed by atoms with E-state index >= 15 is 0 Å². The van der Waals surface area contributed by atoms with Gasteiger partial charge in [-0.1, -0.05) is 6.07 Å². The number of carbonyl (C=O) groups is 1. The van der Waals surface area contributed by atoms with Crippen molar-refractivity contribution >= 4 is 11.6 Å². The van der Waals surface area contributed by atoms with E-state index in [1.54, 1.807) is 12.0 Å². The summed E-state index contributed by atoms with van der Waals surface area (Å²) in [6.45, 7) is 1.32. The highest BCUT2D eigenvalue weighted by Gasteiger charge is 2.30. The predicted octanol–water partition coefficient (Wildman–Crippen LogP) is 2.84. The van der Waals surface area contributed by atoms with Crippen molar-refractivity contribution in [3.63, 3.8) is 0 Å². The fourth-order valence-corrected chi connectivity index (χ4v) is 3.38. The summed E-state index contributed by atoms with van der Waals surface area (Å²) in [7, 11) is 4.53. The first-order chi connectivity index (χ1) is 14.5. The molecule has 0 spiro atoms. The number of fused-ring (bicyclic) bond motifs is 1. The molecule has 30 heavy (non-hydrogen) atoms. The second-order valence-electron chi connectivity index (χ2n) is 6.73. The van der Waals surface area contributed by atoms with Crippen LogP contribution in [0.15, 0.2) is 30.3 Å². The Morgan fingerprint density at radius 2 is 1.87 bits per heavy atom. The summed E-state index contributed by atoms with van der Waals surface area (Å²) >= 11 is 0. The Bertz CT molecular complexity index is 945. The molecular formula is C21H24N2O7. The van der Waals surface area contributed by atoms with Gasteiger partial charge in [-0.25, -0.2) is 0 Å². The number of methoxy groups -OCH3 is 3. The van der Waals surface area contributed by atoms with Crippen LogP contribution in [0.4, 0.5) is 5.69 Å². The largest absolute Gasteiger partial charge is 0.497 e. The van der Waals surface area contributed by atoms with E-state index in [4.69, 9.17) is 18.9 Å². The van der Waals surface area contributed by atoms with Crippen LogP contribution in [0.25, 0.3) is 0 Å². The highest BCUT2D eigenvalue weighted by molar-refractivity contribution is 5.99. The first-order valence-electron chi connectivity index (χ1n) is 9.41. The first kappa shape index (κ1) is 21.4. The number of ether oxygens (including phenoxy) is 4. The summed E-state index contributed by atoms with van der Waals surface area (Å²) in [5, 5.41) is 11.7. The van der Waals surface area contributed by atoms with E-state index < -0.39 is 10.8 Å². The van der Waals surface area contributed by atoms with Gasteiger partial charge in [-0.05, 0) is 29.7 Å². The van der Waals surface area contributed by atoms with E-state index in [2.05, 4.69) is 0 Å². The predicted molar refractivity (Wildman–Crippen MR) is 108 cm³/mol. The molecule has 2 aromatic carbocycles. The molecule has 0 aliphatic carbocycles. The Balaban J connectivity index is 1.91. The lowest BCUT2D eigenvalue weighted by Gasteiger charge is -2.29. The second kappa shape index (κ2) is 9.45. The number of nitro benzene ring substituents is 1. The fraction of sp³-hybridized carbons (Fsp3) is 0.381. The molecule has 1 heterocycles. The van der Waals surface area contributed by atoms with Gasteiger partial charge in [0.25, 0.3) is 11.6 Å². The van der Waals surface area contributed by atoms with E-state index in [0.29, 0.717) is 31.9 Å². The minimum absolute atomic E-state index is 0.0395. The Morgan fingerprint density at radius 1 is 1.07 bits per heavy atom. The highest BCUT2D eigenvalue weighted by atomic mass is 16.6. The molecule has 9 heteroatoms. The molecular weight excluding hydrogens is 392 g/mol. The molecule has 2 aromatic rings. The van der Waals surface area contributed by atoms with E-state index in [1.807, 2.05) is 18.2 Å². The quantitative estimate of drug-likeness (QED) is 0.371. The summed E-state index contributed by atoms with van der Waals surface area (Å²) in [5.74, 6) is 0.704. The number of rotatable bonds is 8. The third kappa shape index (κ3) is 4.46. The lowest BCUT2D eigenvalue weighted by molar-refractivity contribution is -0.385. The van der Waals surface area contributed by atoms with Gasteiger partial charge in [0.2, 0.25) is 0 Å². The first-order valence-corrected chi connectivity index (χ1v) is 9.41. The molecule has 0 atom stereocenters. The summed E-state index contributed by atoms with van der Waals surface area (Å²) in [6, 6.07) is 8.34. The average molecular weight is 416 g/mol. The summed E-state index contributed by atoms with van der Waals surface area (Å²) in [5.41, 5.74) is 1.73. The van der Waals surface area contributed by atoms with Crippen LogP contribution in [-0.4, -0.2) is 56.8 Å². The van der Waals surface area contributed by atoms with Crippen molar-refractivity contribution < 1.29 is 28.7 Å². The maximum absolute atomic E-state index is 13.2. The molecule has 1 amide bonds. The van der Waals surface area contributed by atoms with Crippen LogP contribution in [0.2, 0.25) is 0 Å². The Kier molecular flexibility index (Phi) is 6.73. The number of benzene rings is 2. The molecule has 160 valence electrons. The van der Waals surface area contributed by atoms with Gasteiger partial charge in [0.05, 0.1) is 31.8 Å². The van der Waals surface area contributed by atoms with Crippen molar-refractivity contribution in [3.8, 4) is 17.2 Å². The molecule has 0 saturated carbocycles. The lowest BCUT2D eigenvalue weighted by atomic mass is 9.98. The molecule has 0 fully saturated rings. The van der Waals surface area contributed by atoms with Gasteiger partial charge in [0, 0.05) is 26.3 Å². The van der Waals surface area contributed by atoms with Crippen LogP contribution < -0.4 is 14.2 Å². The van der Waals surface area contributed by atoms with Crippen molar-refractivity contribution in [2.24, 2.45) is 0 Å². The van der Waals surface area contributed by atoms with Crippen molar-refractivity contribution in [3.05, 3.63) is 57.1 Å². The van der Waals surface area contributed by atoms with Crippen LogP contribution >= 0.6 is 0 Å². The monoisotopic (exact) mass is 416 g/mol. The van der Waals surface area contributed by atoms with E-state index in [-0.39, 0.29) is 29.4 Å². The molecule has 0 unspecified atom stereocenters. The zero-order valence-corrected chi connectivity index (χ0v) is 17.2. The highest BCUT2D eigenvalue weighted by Crippen LogP contribution is 2.36. The SMILES string of the molecule is COCCOc1cc([N+](=O)[O-])c(C(=O)N2CCc3ccc(OC)cc3C2)cc1OC. The number of hydrogen-bond donors (Lipinski definition) is 0. The molecule has 3 rings (SSSR count). The van der Waals surface area contributed by atoms with Gasteiger partial charge in [-0.2, -0.15) is 0 Å². The molecule has 1 aliphatic rings. The fourth-order valence-electron chi connectivity index (χ4n) is 3.38. The van der Waals surface area contributed by atoms with Crippen molar-refractivity contribution in [1.29, 1.82) is 0 Å². The van der Waals surface area contributed by atoms with Crippen molar-refractivity contribution in [2.75, 3.05) is 41.1 Å². The molecule has 1 aliphatic heterocycles. The lowest BCUT2D eigenvalue weighted by Crippen LogP contribution is -2.36. The van der Waals surface area contributed by atoms with Gasteiger partial charge in [0.1, 0.15) is 17.9 Å². The molecule has 0 radical (unpaired) electrons. The van der Waals surface area contributed by atoms with Crippen LogP contribution in [0.1, 0.15) is 21.5 Å². The van der Waals surface area contributed by atoms with E-state index in [1.165, 1.54) is 26.4 Å². The van der Waals surface area contributed by atoms with E-state index in [9.17, 15) is 14.9 Å². The third-order valence-electron chi connectivity index (χ3n) is 4.97. The van der Waals surface area contributed by atoms with Gasteiger partial charge in [0.15, 0.2) is 11.5 Å². The molecule has 9 nitrogen and oxygen atoms in total. The van der Waals surface area contributed by atoms with Gasteiger partial charge in [-0.15, -0.1) is 0 Å². The maximum Gasteiger partial charge on any atom is 0.286 e. The molecule has 0 aromatic heterocycles. The normalized spacial score (nSPS) is 12.8. The van der Waals surface area contributed by atoms with Crippen LogP contribution in [0, 0.1) is 10.1 Å². The van der Waals surface area contributed by atoms with Gasteiger partial charge < -0.3 is 23.8 Å².